The first-order valence-corrected chi connectivity index (χ1v) is 3.66. The van der Waals surface area contributed by atoms with Crippen molar-refractivity contribution in [1.82, 2.24) is 5.06 Å². The summed E-state index contributed by atoms with van der Waals surface area (Å²) in [7, 11) is 0. The van der Waals surface area contributed by atoms with E-state index in [0.29, 0.717) is 6.61 Å². The zero-order chi connectivity index (χ0) is 7.56. The summed E-state index contributed by atoms with van der Waals surface area (Å²) in [5.74, 6) is 0.149. The van der Waals surface area contributed by atoms with Gasteiger partial charge in [-0.15, -0.1) is 0 Å². The largest absolute Gasteiger partial charge is 0.272 e. The van der Waals surface area contributed by atoms with E-state index in [0.717, 1.165) is 13.0 Å². The molecule has 0 saturated carbocycles. The Labute approximate surface area is 60.9 Å². The van der Waals surface area contributed by atoms with Crippen LogP contribution in [-0.2, 0) is 9.63 Å². The van der Waals surface area contributed by atoms with Crippen LogP contribution in [0.25, 0.3) is 0 Å². The van der Waals surface area contributed by atoms with Crippen LogP contribution in [0.4, 0.5) is 0 Å². The Hall–Kier alpha value is -0.570. The quantitative estimate of drug-likeness (QED) is 0.543. The van der Waals surface area contributed by atoms with Gasteiger partial charge in [0.25, 0.3) is 0 Å². The number of amides is 1. The summed E-state index contributed by atoms with van der Waals surface area (Å²) < 4.78 is 0. The van der Waals surface area contributed by atoms with Gasteiger partial charge in [-0.05, 0) is 6.42 Å². The highest BCUT2D eigenvalue weighted by molar-refractivity contribution is 5.77. The molecule has 0 aromatic rings. The van der Waals surface area contributed by atoms with Gasteiger partial charge in [0.2, 0.25) is 5.91 Å². The molecular formula is C7H13NO2. The lowest BCUT2D eigenvalue weighted by Crippen LogP contribution is -2.30. The number of carbonyl (C=O) groups is 1. The van der Waals surface area contributed by atoms with Crippen molar-refractivity contribution >= 4 is 5.91 Å². The van der Waals surface area contributed by atoms with Gasteiger partial charge >= 0.3 is 0 Å². The normalized spacial score (nSPS) is 18.5. The maximum atomic E-state index is 11.1. The van der Waals surface area contributed by atoms with Crippen molar-refractivity contribution in [1.29, 1.82) is 0 Å². The van der Waals surface area contributed by atoms with E-state index in [2.05, 4.69) is 0 Å². The van der Waals surface area contributed by atoms with E-state index in [9.17, 15) is 4.79 Å². The summed E-state index contributed by atoms with van der Waals surface area (Å²) in [5.41, 5.74) is 0. The van der Waals surface area contributed by atoms with Crippen molar-refractivity contribution in [3.8, 4) is 0 Å². The Balaban J connectivity index is 2.40. The maximum absolute atomic E-state index is 11.1. The highest BCUT2D eigenvalue weighted by atomic mass is 16.7. The maximum Gasteiger partial charge on any atom is 0.248 e. The lowest BCUT2D eigenvalue weighted by Gasteiger charge is -2.15. The van der Waals surface area contributed by atoms with Crippen LogP contribution in [0.5, 0.6) is 0 Å². The third-order valence-electron chi connectivity index (χ3n) is 1.49. The van der Waals surface area contributed by atoms with Crippen molar-refractivity contribution in [3.05, 3.63) is 0 Å². The summed E-state index contributed by atoms with van der Waals surface area (Å²) >= 11 is 0. The Morgan fingerprint density at radius 2 is 2.30 bits per heavy atom. The molecule has 0 aromatic heterocycles. The van der Waals surface area contributed by atoms with Crippen LogP contribution in [0.2, 0.25) is 0 Å². The van der Waals surface area contributed by atoms with Crippen LogP contribution in [-0.4, -0.2) is 24.1 Å². The van der Waals surface area contributed by atoms with E-state index in [1.807, 2.05) is 13.8 Å². The Bertz CT molecular complexity index is 128. The molecule has 58 valence electrons. The van der Waals surface area contributed by atoms with Gasteiger partial charge in [-0.25, -0.2) is 5.06 Å². The predicted molar refractivity (Wildman–Crippen MR) is 37.1 cm³/mol. The first-order chi connectivity index (χ1) is 4.72. The molecule has 0 bridgehead atoms. The molecule has 0 unspecified atom stereocenters. The minimum Gasteiger partial charge on any atom is -0.272 e. The number of rotatable bonds is 1. The molecule has 1 heterocycles. The van der Waals surface area contributed by atoms with Crippen molar-refractivity contribution < 1.29 is 9.63 Å². The lowest BCUT2D eigenvalue weighted by molar-refractivity contribution is -0.172. The van der Waals surface area contributed by atoms with E-state index in [-0.39, 0.29) is 11.8 Å². The number of nitrogens with zero attached hydrogens (tertiary/aromatic N) is 1. The fourth-order valence-corrected chi connectivity index (χ4v) is 0.909. The monoisotopic (exact) mass is 143 g/mol. The van der Waals surface area contributed by atoms with Gasteiger partial charge in [0.1, 0.15) is 0 Å². The van der Waals surface area contributed by atoms with E-state index < -0.39 is 0 Å². The molecular weight excluding hydrogens is 130 g/mol. The summed E-state index contributed by atoms with van der Waals surface area (Å²) in [6.07, 6.45) is 0.971. The van der Waals surface area contributed by atoms with Gasteiger partial charge in [-0.2, -0.15) is 0 Å². The molecule has 3 nitrogen and oxygen atoms in total. The highest BCUT2D eigenvalue weighted by Crippen LogP contribution is 2.08. The summed E-state index contributed by atoms with van der Waals surface area (Å²) in [6, 6.07) is 0. The number of carbonyl (C=O) groups excluding carboxylic acids is 1. The standard InChI is InChI=1S/C7H13NO2/c1-6(2)7(9)8-4-3-5-10-8/h6H,3-5H2,1-2H3. The molecule has 0 aromatic carbocycles. The van der Waals surface area contributed by atoms with Crippen molar-refractivity contribution in [3.63, 3.8) is 0 Å². The molecule has 10 heavy (non-hydrogen) atoms. The third-order valence-corrected chi connectivity index (χ3v) is 1.49. The molecule has 0 spiro atoms. The first-order valence-electron chi connectivity index (χ1n) is 3.66. The molecule has 0 radical (unpaired) electrons. The van der Waals surface area contributed by atoms with Gasteiger partial charge < -0.3 is 0 Å². The Morgan fingerprint density at radius 3 is 2.70 bits per heavy atom. The highest BCUT2D eigenvalue weighted by Gasteiger charge is 2.21. The van der Waals surface area contributed by atoms with E-state index in [1.165, 1.54) is 5.06 Å². The van der Waals surface area contributed by atoms with Crippen LogP contribution in [0.1, 0.15) is 20.3 Å². The Morgan fingerprint density at radius 1 is 1.60 bits per heavy atom. The molecule has 1 saturated heterocycles. The molecule has 0 atom stereocenters. The summed E-state index contributed by atoms with van der Waals surface area (Å²) in [6.45, 7) is 5.21. The second-order valence-corrected chi connectivity index (χ2v) is 2.78. The molecule has 1 rings (SSSR count). The predicted octanol–water partition coefficient (Wildman–Crippen LogP) is 0.806. The zero-order valence-electron chi connectivity index (χ0n) is 6.46. The number of hydroxylamine groups is 2. The van der Waals surface area contributed by atoms with E-state index >= 15 is 0 Å². The van der Waals surface area contributed by atoms with Crippen LogP contribution in [0.3, 0.4) is 0 Å². The summed E-state index contributed by atoms with van der Waals surface area (Å²) in [4.78, 5) is 16.2. The van der Waals surface area contributed by atoms with E-state index in [4.69, 9.17) is 4.84 Å². The first kappa shape index (κ1) is 7.54. The second kappa shape index (κ2) is 3.01. The van der Waals surface area contributed by atoms with Crippen molar-refractivity contribution in [2.24, 2.45) is 5.92 Å². The Kier molecular flexibility index (Phi) is 2.27. The van der Waals surface area contributed by atoms with Crippen LogP contribution in [0.15, 0.2) is 0 Å². The summed E-state index contributed by atoms with van der Waals surface area (Å²) in [5, 5.41) is 1.46. The molecule has 1 aliphatic heterocycles. The molecule has 3 heteroatoms. The van der Waals surface area contributed by atoms with Crippen LogP contribution in [0, 0.1) is 5.92 Å². The minimum atomic E-state index is 0.0538. The third kappa shape index (κ3) is 1.48. The topological polar surface area (TPSA) is 29.5 Å². The van der Waals surface area contributed by atoms with Gasteiger partial charge in [0.15, 0.2) is 0 Å². The van der Waals surface area contributed by atoms with Crippen LogP contribution >= 0.6 is 0 Å². The SMILES string of the molecule is CC(C)C(=O)N1CCCO1. The zero-order valence-corrected chi connectivity index (χ0v) is 6.46. The fourth-order valence-electron chi connectivity index (χ4n) is 0.909. The van der Waals surface area contributed by atoms with Crippen molar-refractivity contribution in [2.75, 3.05) is 13.2 Å². The van der Waals surface area contributed by atoms with Gasteiger partial charge in [0, 0.05) is 5.92 Å². The smallest absolute Gasteiger partial charge is 0.248 e. The lowest BCUT2D eigenvalue weighted by atomic mass is 10.2. The van der Waals surface area contributed by atoms with Crippen molar-refractivity contribution in [2.45, 2.75) is 20.3 Å². The van der Waals surface area contributed by atoms with Gasteiger partial charge in [0.05, 0.1) is 13.2 Å². The minimum absolute atomic E-state index is 0.0538. The number of hydrogen-bond acceptors (Lipinski definition) is 2. The fraction of sp³-hybridized carbons (Fsp3) is 0.857. The second-order valence-electron chi connectivity index (χ2n) is 2.78. The molecule has 1 fully saturated rings. The van der Waals surface area contributed by atoms with Crippen LogP contribution < -0.4 is 0 Å². The molecule has 1 amide bonds. The molecule has 0 aliphatic carbocycles. The average molecular weight is 143 g/mol. The number of hydrogen-bond donors (Lipinski definition) is 0. The average Bonchev–Trinajstić information content (AvgIpc) is 2.36. The van der Waals surface area contributed by atoms with E-state index in [1.54, 1.807) is 0 Å². The molecule has 0 N–H and O–H groups in total. The van der Waals surface area contributed by atoms with Gasteiger partial charge in [-0.1, -0.05) is 13.8 Å². The van der Waals surface area contributed by atoms with Gasteiger partial charge in [-0.3, -0.25) is 9.63 Å². The molecule has 1 aliphatic rings.